The van der Waals surface area contributed by atoms with Crippen LogP contribution in [0.1, 0.15) is 24.2 Å². The first kappa shape index (κ1) is 20.7. The number of piperazine rings is 1. The van der Waals surface area contributed by atoms with Crippen molar-refractivity contribution < 1.29 is 14.7 Å². The Balaban J connectivity index is 1.66. The van der Waals surface area contributed by atoms with E-state index in [9.17, 15) is 14.7 Å². The summed E-state index contributed by atoms with van der Waals surface area (Å²) < 4.78 is 0. The van der Waals surface area contributed by atoms with Crippen LogP contribution in [0.5, 0.6) is 0 Å². The van der Waals surface area contributed by atoms with Crippen LogP contribution >= 0.6 is 0 Å². The lowest BCUT2D eigenvalue weighted by Gasteiger charge is -2.38. The molecule has 0 unspecified atom stereocenters. The first-order valence-corrected chi connectivity index (χ1v) is 10.2. The Hall–Kier alpha value is -3.52. The first-order chi connectivity index (χ1) is 14.8. The number of carboxylic acids is 1. The fraction of sp³-hybridized carbons (Fsp3) is 0.304. The van der Waals surface area contributed by atoms with Gasteiger partial charge >= 0.3 is 5.97 Å². The van der Waals surface area contributed by atoms with Gasteiger partial charge in [-0.2, -0.15) is 0 Å². The Labute approximate surface area is 180 Å². The van der Waals surface area contributed by atoms with Crippen LogP contribution in [0.25, 0.3) is 22.0 Å². The van der Waals surface area contributed by atoms with Gasteiger partial charge in [0.05, 0.1) is 11.1 Å². The summed E-state index contributed by atoms with van der Waals surface area (Å²) in [5, 5.41) is 20.1. The quantitative estimate of drug-likeness (QED) is 0.668. The van der Waals surface area contributed by atoms with E-state index in [1.807, 2.05) is 30.3 Å². The number of aromatic carboxylic acids is 1. The molecule has 2 aromatic carbocycles. The number of hydrogen-bond acceptors (Lipinski definition) is 6. The number of carbonyl (C=O) groups is 2. The summed E-state index contributed by atoms with van der Waals surface area (Å²) in [5.74, 6) is -0.284. The summed E-state index contributed by atoms with van der Waals surface area (Å²) in [6.45, 7) is 5.84. The highest BCUT2D eigenvalue weighted by Gasteiger charge is 2.31. The predicted octanol–water partition coefficient (Wildman–Crippen LogP) is 2.38. The average Bonchev–Trinajstić information content (AvgIpc) is 2.77. The topological polar surface area (TPSA) is 113 Å². The van der Waals surface area contributed by atoms with Crippen LogP contribution in [0.3, 0.4) is 0 Å². The molecule has 0 radical (unpaired) electrons. The van der Waals surface area contributed by atoms with E-state index in [1.54, 1.807) is 36.9 Å². The third kappa shape index (κ3) is 4.06. The van der Waals surface area contributed by atoms with E-state index in [-0.39, 0.29) is 11.5 Å². The molecule has 1 aliphatic heterocycles. The maximum Gasteiger partial charge on any atom is 0.335 e. The second-order valence-corrected chi connectivity index (χ2v) is 8.30. The van der Waals surface area contributed by atoms with Crippen molar-refractivity contribution in [2.45, 2.75) is 19.4 Å². The minimum absolute atomic E-state index is 0.0586. The number of aromatic nitrogens is 2. The fourth-order valence-electron chi connectivity index (χ4n) is 3.86. The Kier molecular flexibility index (Phi) is 5.32. The van der Waals surface area contributed by atoms with Crippen LogP contribution < -0.4 is 10.6 Å². The summed E-state index contributed by atoms with van der Waals surface area (Å²) in [4.78, 5) is 27.7. The normalized spacial score (nSPS) is 14.7. The monoisotopic (exact) mass is 419 g/mol. The summed E-state index contributed by atoms with van der Waals surface area (Å²) in [6, 6.07) is 14.5. The number of nitrogens with zero attached hydrogens (tertiary/aromatic N) is 4. The third-order valence-electron chi connectivity index (χ3n) is 5.47. The molecule has 0 bridgehead atoms. The number of hydrogen-bond donors (Lipinski definition) is 2. The highest BCUT2D eigenvalue weighted by Crippen LogP contribution is 2.32. The van der Waals surface area contributed by atoms with E-state index in [1.165, 1.54) is 0 Å². The maximum atomic E-state index is 12.5. The Bertz CT molecular complexity index is 1150. The molecule has 160 valence electrons. The van der Waals surface area contributed by atoms with Crippen molar-refractivity contribution in [3.05, 3.63) is 54.1 Å². The zero-order valence-corrected chi connectivity index (χ0v) is 17.6. The van der Waals surface area contributed by atoms with E-state index >= 15 is 0 Å². The van der Waals surface area contributed by atoms with E-state index in [4.69, 9.17) is 5.73 Å². The summed E-state index contributed by atoms with van der Waals surface area (Å²) >= 11 is 0. The van der Waals surface area contributed by atoms with Gasteiger partial charge in [-0.05, 0) is 26.0 Å². The number of benzene rings is 2. The van der Waals surface area contributed by atoms with Gasteiger partial charge in [0.15, 0.2) is 5.82 Å². The first-order valence-electron chi connectivity index (χ1n) is 10.2. The Morgan fingerprint density at radius 2 is 1.65 bits per heavy atom. The van der Waals surface area contributed by atoms with Gasteiger partial charge in [0.1, 0.15) is 5.69 Å². The smallest absolute Gasteiger partial charge is 0.335 e. The van der Waals surface area contributed by atoms with Crippen LogP contribution in [0.2, 0.25) is 0 Å². The molecule has 1 fully saturated rings. The molecule has 0 aliphatic carbocycles. The molecule has 3 aromatic rings. The van der Waals surface area contributed by atoms with Crippen LogP contribution in [0, 0.1) is 0 Å². The number of nitrogens with two attached hydrogens (primary N) is 1. The van der Waals surface area contributed by atoms with Crippen molar-refractivity contribution in [3.8, 4) is 11.3 Å². The SMILES string of the molecule is CC(C)(N)C(=O)N1CCN(c2nnc(-c3cccc(C(=O)O)c3)c3ccccc23)CC1. The van der Waals surface area contributed by atoms with Crippen LogP contribution in [-0.2, 0) is 4.79 Å². The number of fused-ring (bicyclic) bond motifs is 1. The van der Waals surface area contributed by atoms with Gasteiger partial charge in [-0.3, -0.25) is 4.79 Å². The van der Waals surface area contributed by atoms with E-state index in [0.29, 0.717) is 37.4 Å². The second-order valence-electron chi connectivity index (χ2n) is 8.30. The number of carbonyl (C=O) groups excluding carboxylic acids is 1. The minimum Gasteiger partial charge on any atom is -0.478 e. The minimum atomic E-state index is -0.983. The molecule has 8 nitrogen and oxygen atoms in total. The lowest BCUT2D eigenvalue weighted by Crippen LogP contribution is -2.57. The van der Waals surface area contributed by atoms with Gasteiger partial charge in [-0.1, -0.05) is 36.4 Å². The molecule has 31 heavy (non-hydrogen) atoms. The van der Waals surface area contributed by atoms with Crippen molar-refractivity contribution >= 4 is 28.5 Å². The maximum absolute atomic E-state index is 12.5. The molecule has 0 atom stereocenters. The van der Waals surface area contributed by atoms with Crippen LogP contribution in [0.15, 0.2) is 48.5 Å². The van der Waals surface area contributed by atoms with Crippen molar-refractivity contribution in [1.82, 2.24) is 15.1 Å². The van der Waals surface area contributed by atoms with E-state index < -0.39 is 11.5 Å². The molecule has 1 aromatic heterocycles. The van der Waals surface area contributed by atoms with Gasteiger partial charge in [-0.15, -0.1) is 10.2 Å². The predicted molar refractivity (Wildman–Crippen MR) is 119 cm³/mol. The standard InChI is InChI=1S/C23H25N5O3/c1-23(2,24)22(31)28-12-10-27(11-13-28)20-18-9-4-3-8-17(18)19(25-26-20)15-6-5-7-16(14-15)21(29)30/h3-9,14H,10-13,24H2,1-2H3,(H,29,30). The van der Waals surface area contributed by atoms with Crippen molar-refractivity contribution in [2.24, 2.45) is 5.73 Å². The van der Waals surface area contributed by atoms with Crippen LogP contribution in [-0.4, -0.2) is 63.8 Å². The molecule has 0 spiro atoms. The van der Waals surface area contributed by atoms with Gasteiger partial charge in [0, 0.05) is 42.5 Å². The molecule has 3 N–H and O–H groups in total. The summed E-state index contributed by atoms with van der Waals surface area (Å²) in [7, 11) is 0. The largest absolute Gasteiger partial charge is 0.478 e. The number of amides is 1. The molecule has 2 heterocycles. The van der Waals surface area contributed by atoms with E-state index in [2.05, 4.69) is 15.1 Å². The summed E-state index contributed by atoms with van der Waals surface area (Å²) in [5.41, 5.74) is 6.63. The van der Waals surface area contributed by atoms with Gasteiger partial charge in [0.25, 0.3) is 0 Å². The third-order valence-corrected chi connectivity index (χ3v) is 5.47. The molecular formula is C23H25N5O3. The molecule has 8 heteroatoms. The fourth-order valence-corrected chi connectivity index (χ4v) is 3.86. The summed E-state index contributed by atoms with van der Waals surface area (Å²) in [6.07, 6.45) is 0. The zero-order valence-electron chi connectivity index (χ0n) is 17.6. The Morgan fingerprint density at radius 3 is 2.29 bits per heavy atom. The Morgan fingerprint density at radius 1 is 0.968 bits per heavy atom. The highest BCUT2D eigenvalue weighted by atomic mass is 16.4. The van der Waals surface area contributed by atoms with E-state index in [0.717, 1.165) is 16.6 Å². The lowest BCUT2D eigenvalue weighted by atomic mass is 10.0. The average molecular weight is 419 g/mol. The molecule has 4 rings (SSSR count). The van der Waals surface area contributed by atoms with Crippen molar-refractivity contribution in [1.29, 1.82) is 0 Å². The lowest BCUT2D eigenvalue weighted by molar-refractivity contribution is -0.136. The molecule has 1 amide bonds. The molecular weight excluding hydrogens is 394 g/mol. The van der Waals surface area contributed by atoms with Crippen molar-refractivity contribution in [3.63, 3.8) is 0 Å². The van der Waals surface area contributed by atoms with Gasteiger partial charge in [0.2, 0.25) is 5.91 Å². The highest BCUT2D eigenvalue weighted by molar-refractivity contribution is 6.01. The molecule has 0 saturated carbocycles. The number of rotatable bonds is 4. The van der Waals surface area contributed by atoms with Gasteiger partial charge < -0.3 is 20.6 Å². The number of anilines is 1. The second kappa shape index (κ2) is 7.96. The molecule has 1 saturated heterocycles. The van der Waals surface area contributed by atoms with Crippen molar-refractivity contribution in [2.75, 3.05) is 31.1 Å². The molecule has 1 aliphatic rings. The number of carboxylic acid groups (broad SMARTS) is 1. The van der Waals surface area contributed by atoms with Crippen LogP contribution in [0.4, 0.5) is 5.82 Å². The van der Waals surface area contributed by atoms with Gasteiger partial charge in [-0.25, -0.2) is 4.79 Å². The zero-order chi connectivity index (χ0) is 22.2.